The van der Waals surface area contributed by atoms with Crippen molar-refractivity contribution < 1.29 is 4.21 Å². The summed E-state index contributed by atoms with van der Waals surface area (Å²) >= 11 is 2.30. The molecular weight excluding hydrogens is 369 g/mol. The summed E-state index contributed by atoms with van der Waals surface area (Å²) in [7, 11) is -1.04. The van der Waals surface area contributed by atoms with Crippen LogP contribution in [0.2, 0.25) is 0 Å². The third kappa shape index (κ3) is 5.92. The first kappa shape index (κ1) is 17.1. The van der Waals surface area contributed by atoms with Gasteiger partial charge in [-0.15, -0.1) is 0 Å². The summed E-state index contributed by atoms with van der Waals surface area (Å²) in [6, 6.07) is 8.61. The Hall–Kier alpha value is 0.0600. The standard InChI is InChI=1S/C15H24INOS/c1-11(2)10-14(17-19(18)15(3,4)5)12-6-8-13(16)9-7-12/h6-9,11,14,17H,10H2,1-5H3/t14-,19-/m1/s1. The molecule has 0 heterocycles. The zero-order valence-corrected chi connectivity index (χ0v) is 15.3. The van der Waals surface area contributed by atoms with E-state index in [0.29, 0.717) is 5.92 Å². The van der Waals surface area contributed by atoms with Gasteiger partial charge in [0.15, 0.2) is 0 Å². The normalized spacial score (nSPS) is 15.5. The molecule has 0 fully saturated rings. The molecule has 0 aliphatic rings. The van der Waals surface area contributed by atoms with Gasteiger partial charge in [0.25, 0.3) is 0 Å². The topological polar surface area (TPSA) is 29.1 Å². The Morgan fingerprint density at radius 3 is 2.16 bits per heavy atom. The van der Waals surface area contributed by atoms with Gasteiger partial charge in [0.2, 0.25) is 0 Å². The quantitative estimate of drug-likeness (QED) is 0.737. The minimum Gasteiger partial charge on any atom is -0.242 e. The van der Waals surface area contributed by atoms with Gasteiger partial charge in [-0.3, -0.25) is 0 Å². The van der Waals surface area contributed by atoms with Gasteiger partial charge < -0.3 is 0 Å². The van der Waals surface area contributed by atoms with Gasteiger partial charge in [-0.05, 0) is 73.4 Å². The Morgan fingerprint density at radius 2 is 1.74 bits per heavy atom. The Bertz CT molecular complexity index is 423. The molecule has 0 saturated heterocycles. The third-order valence-electron chi connectivity index (χ3n) is 2.78. The largest absolute Gasteiger partial charge is 0.242 e. The molecule has 4 heteroatoms. The molecule has 0 saturated carbocycles. The van der Waals surface area contributed by atoms with E-state index in [4.69, 9.17) is 0 Å². The van der Waals surface area contributed by atoms with E-state index in [-0.39, 0.29) is 10.8 Å². The highest BCUT2D eigenvalue weighted by atomic mass is 127. The average Bonchev–Trinajstić information content (AvgIpc) is 2.27. The van der Waals surface area contributed by atoms with Crippen LogP contribution in [0.25, 0.3) is 0 Å². The summed E-state index contributed by atoms with van der Waals surface area (Å²) < 4.78 is 16.6. The average molecular weight is 393 g/mol. The Balaban J connectivity index is 2.89. The van der Waals surface area contributed by atoms with Crippen molar-refractivity contribution in [1.82, 2.24) is 4.72 Å². The number of benzene rings is 1. The lowest BCUT2D eigenvalue weighted by molar-refractivity contribution is 0.480. The predicted octanol–water partition coefficient (Wildman–Crippen LogP) is 4.43. The van der Waals surface area contributed by atoms with E-state index < -0.39 is 11.0 Å². The molecule has 0 amide bonds. The second kappa shape index (κ2) is 7.18. The molecule has 2 atom stereocenters. The van der Waals surface area contributed by atoms with E-state index >= 15 is 0 Å². The fraction of sp³-hybridized carbons (Fsp3) is 0.600. The molecule has 0 aromatic heterocycles. The number of halogens is 1. The van der Waals surface area contributed by atoms with Crippen LogP contribution in [0.15, 0.2) is 24.3 Å². The Kier molecular flexibility index (Phi) is 6.47. The van der Waals surface area contributed by atoms with Gasteiger partial charge >= 0.3 is 0 Å². The first-order valence-electron chi connectivity index (χ1n) is 6.63. The van der Waals surface area contributed by atoms with Crippen molar-refractivity contribution in [2.45, 2.75) is 51.8 Å². The van der Waals surface area contributed by atoms with Crippen LogP contribution < -0.4 is 4.72 Å². The van der Waals surface area contributed by atoms with E-state index in [0.717, 1.165) is 6.42 Å². The lowest BCUT2D eigenvalue weighted by atomic mass is 9.98. The molecule has 1 N–H and O–H groups in total. The number of hydrogen-bond donors (Lipinski definition) is 1. The molecule has 1 aromatic carbocycles. The molecular formula is C15H24INOS. The van der Waals surface area contributed by atoms with Crippen molar-refractivity contribution in [2.75, 3.05) is 0 Å². The summed E-state index contributed by atoms with van der Waals surface area (Å²) in [4.78, 5) is 0. The Morgan fingerprint density at radius 1 is 1.21 bits per heavy atom. The number of rotatable bonds is 5. The van der Waals surface area contributed by atoms with E-state index in [9.17, 15) is 4.21 Å². The highest BCUT2D eigenvalue weighted by Gasteiger charge is 2.24. The van der Waals surface area contributed by atoms with Crippen LogP contribution in [0.1, 0.15) is 52.6 Å². The first-order chi connectivity index (χ1) is 8.70. The maximum atomic E-state index is 12.3. The van der Waals surface area contributed by atoms with Gasteiger partial charge in [0, 0.05) is 9.61 Å². The van der Waals surface area contributed by atoms with Crippen molar-refractivity contribution in [3.63, 3.8) is 0 Å². The van der Waals surface area contributed by atoms with E-state index in [2.05, 4.69) is 65.4 Å². The van der Waals surface area contributed by atoms with Crippen LogP contribution in [0.4, 0.5) is 0 Å². The molecule has 19 heavy (non-hydrogen) atoms. The van der Waals surface area contributed by atoms with Gasteiger partial charge in [0.05, 0.1) is 15.7 Å². The zero-order chi connectivity index (χ0) is 14.6. The molecule has 0 bridgehead atoms. The lowest BCUT2D eigenvalue weighted by Gasteiger charge is -2.25. The van der Waals surface area contributed by atoms with E-state index in [1.54, 1.807) is 0 Å². The summed E-state index contributed by atoms with van der Waals surface area (Å²) in [6.45, 7) is 10.4. The number of nitrogens with one attached hydrogen (secondary N) is 1. The zero-order valence-electron chi connectivity index (χ0n) is 12.4. The predicted molar refractivity (Wildman–Crippen MR) is 92.4 cm³/mol. The summed E-state index contributed by atoms with van der Waals surface area (Å²) in [6.07, 6.45) is 0.989. The van der Waals surface area contributed by atoms with Crippen molar-refractivity contribution in [3.8, 4) is 0 Å². The first-order valence-corrected chi connectivity index (χ1v) is 8.86. The summed E-state index contributed by atoms with van der Waals surface area (Å²) in [5.41, 5.74) is 1.21. The maximum absolute atomic E-state index is 12.3. The number of hydrogen-bond acceptors (Lipinski definition) is 1. The van der Waals surface area contributed by atoms with Crippen LogP contribution in [0, 0.1) is 9.49 Å². The fourth-order valence-corrected chi connectivity index (χ4v) is 2.93. The van der Waals surface area contributed by atoms with Crippen LogP contribution in [-0.2, 0) is 11.0 Å². The smallest absolute Gasteiger partial charge is 0.0975 e. The van der Waals surface area contributed by atoms with Crippen LogP contribution in [0.5, 0.6) is 0 Å². The maximum Gasteiger partial charge on any atom is 0.0975 e. The summed E-state index contributed by atoms with van der Waals surface area (Å²) in [5.74, 6) is 0.564. The lowest BCUT2D eigenvalue weighted by Crippen LogP contribution is -2.36. The van der Waals surface area contributed by atoms with Gasteiger partial charge in [0.1, 0.15) is 0 Å². The second-order valence-corrected chi connectivity index (χ2v) is 9.48. The van der Waals surface area contributed by atoms with Gasteiger partial charge in [-0.2, -0.15) is 0 Å². The highest BCUT2D eigenvalue weighted by Crippen LogP contribution is 2.24. The van der Waals surface area contributed by atoms with Crippen molar-refractivity contribution >= 4 is 33.6 Å². The van der Waals surface area contributed by atoms with Crippen LogP contribution >= 0.6 is 22.6 Å². The summed E-state index contributed by atoms with van der Waals surface area (Å²) in [5, 5.41) is 0. The molecule has 0 radical (unpaired) electrons. The molecule has 0 aliphatic carbocycles. The van der Waals surface area contributed by atoms with E-state index in [1.807, 2.05) is 20.8 Å². The molecule has 1 aromatic rings. The van der Waals surface area contributed by atoms with Crippen molar-refractivity contribution in [3.05, 3.63) is 33.4 Å². The van der Waals surface area contributed by atoms with E-state index in [1.165, 1.54) is 9.13 Å². The molecule has 2 nitrogen and oxygen atoms in total. The minimum absolute atomic E-state index is 0.150. The third-order valence-corrected chi connectivity index (χ3v) is 5.12. The molecule has 108 valence electrons. The van der Waals surface area contributed by atoms with Gasteiger partial charge in [-0.25, -0.2) is 8.93 Å². The molecule has 0 aliphatic heterocycles. The monoisotopic (exact) mass is 393 g/mol. The second-order valence-electron chi connectivity index (χ2n) is 6.23. The fourth-order valence-electron chi connectivity index (χ4n) is 1.72. The van der Waals surface area contributed by atoms with Crippen LogP contribution in [0.3, 0.4) is 0 Å². The molecule has 0 unspecified atom stereocenters. The molecule has 1 rings (SSSR count). The van der Waals surface area contributed by atoms with Crippen LogP contribution in [-0.4, -0.2) is 8.96 Å². The van der Waals surface area contributed by atoms with Crippen molar-refractivity contribution in [2.24, 2.45) is 5.92 Å². The molecule has 0 spiro atoms. The Labute approximate surface area is 133 Å². The highest BCUT2D eigenvalue weighted by molar-refractivity contribution is 14.1. The SMILES string of the molecule is CC(C)C[C@@H](N[S@](=O)C(C)(C)C)c1ccc(I)cc1. The minimum atomic E-state index is -1.04. The van der Waals surface area contributed by atoms with Gasteiger partial charge in [-0.1, -0.05) is 26.0 Å². The van der Waals surface area contributed by atoms with Crippen molar-refractivity contribution in [1.29, 1.82) is 0 Å².